The number of benzene rings is 2. The molecule has 0 fully saturated rings. The highest BCUT2D eigenvalue weighted by Gasteiger charge is 2.00. The van der Waals surface area contributed by atoms with Crippen molar-refractivity contribution in [2.75, 3.05) is 0 Å². The van der Waals surface area contributed by atoms with E-state index in [2.05, 4.69) is 33.0 Å². The Morgan fingerprint density at radius 2 is 1.84 bits per heavy atom. The van der Waals surface area contributed by atoms with Crippen LogP contribution in [-0.4, -0.2) is 4.98 Å². The van der Waals surface area contributed by atoms with Gasteiger partial charge in [-0.05, 0) is 39.7 Å². The zero-order valence-electron chi connectivity index (χ0n) is 10.2. The van der Waals surface area contributed by atoms with Gasteiger partial charge in [-0.2, -0.15) is 0 Å². The molecule has 0 N–H and O–H groups in total. The molecule has 1 aromatic heterocycles. The lowest BCUT2D eigenvalue weighted by Gasteiger charge is -2.07. The van der Waals surface area contributed by atoms with Crippen molar-refractivity contribution in [2.45, 2.75) is 6.61 Å². The zero-order chi connectivity index (χ0) is 13.1. The molecule has 0 atom stereocenters. The SMILES string of the molecule is Brc1cnc2cc(OCc3ccccc3)ccc2c1. The van der Waals surface area contributed by atoms with E-state index in [0.717, 1.165) is 26.7 Å². The first kappa shape index (κ1) is 12.2. The van der Waals surface area contributed by atoms with Crippen LogP contribution < -0.4 is 4.74 Å². The summed E-state index contributed by atoms with van der Waals surface area (Å²) in [5.41, 5.74) is 2.10. The van der Waals surface area contributed by atoms with Gasteiger partial charge in [0.2, 0.25) is 0 Å². The highest BCUT2D eigenvalue weighted by molar-refractivity contribution is 9.10. The Balaban J connectivity index is 1.80. The van der Waals surface area contributed by atoms with Gasteiger partial charge in [0.15, 0.2) is 0 Å². The van der Waals surface area contributed by atoms with E-state index in [-0.39, 0.29) is 0 Å². The van der Waals surface area contributed by atoms with Crippen LogP contribution in [0.3, 0.4) is 0 Å². The Kier molecular flexibility index (Phi) is 3.47. The molecule has 1 heterocycles. The molecule has 0 aliphatic heterocycles. The van der Waals surface area contributed by atoms with Gasteiger partial charge in [-0.1, -0.05) is 30.3 Å². The molecule has 0 aliphatic carbocycles. The third-order valence-electron chi connectivity index (χ3n) is 2.87. The maximum absolute atomic E-state index is 5.78. The first-order valence-electron chi connectivity index (χ1n) is 6.03. The molecule has 0 spiro atoms. The predicted octanol–water partition coefficient (Wildman–Crippen LogP) is 4.58. The zero-order valence-corrected chi connectivity index (χ0v) is 11.8. The number of halogens is 1. The topological polar surface area (TPSA) is 22.1 Å². The highest BCUT2D eigenvalue weighted by Crippen LogP contribution is 2.22. The van der Waals surface area contributed by atoms with Crippen molar-refractivity contribution in [1.82, 2.24) is 4.98 Å². The summed E-state index contributed by atoms with van der Waals surface area (Å²) >= 11 is 3.42. The van der Waals surface area contributed by atoms with Gasteiger partial charge in [0.25, 0.3) is 0 Å². The summed E-state index contributed by atoms with van der Waals surface area (Å²) in [5.74, 6) is 0.839. The summed E-state index contributed by atoms with van der Waals surface area (Å²) in [4.78, 5) is 4.37. The summed E-state index contributed by atoms with van der Waals surface area (Å²) in [5, 5.41) is 1.10. The van der Waals surface area contributed by atoms with Gasteiger partial charge in [-0.15, -0.1) is 0 Å². The first-order chi connectivity index (χ1) is 9.31. The summed E-state index contributed by atoms with van der Waals surface area (Å²) < 4.78 is 6.76. The van der Waals surface area contributed by atoms with Gasteiger partial charge in [0, 0.05) is 22.1 Å². The van der Waals surface area contributed by atoms with Crippen molar-refractivity contribution in [3.05, 3.63) is 70.8 Å². The molecule has 94 valence electrons. The Morgan fingerprint density at radius 1 is 1.00 bits per heavy atom. The first-order valence-corrected chi connectivity index (χ1v) is 6.82. The van der Waals surface area contributed by atoms with E-state index in [1.165, 1.54) is 0 Å². The number of ether oxygens (including phenoxy) is 1. The fraction of sp³-hybridized carbons (Fsp3) is 0.0625. The maximum Gasteiger partial charge on any atom is 0.122 e. The summed E-state index contributed by atoms with van der Waals surface area (Å²) in [7, 11) is 0. The van der Waals surface area contributed by atoms with Crippen LogP contribution in [0.2, 0.25) is 0 Å². The van der Waals surface area contributed by atoms with Crippen LogP contribution in [0.15, 0.2) is 65.3 Å². The maximum atomic E-state index is 5.78. The van der Waals surface area contributed by atoms with E-state index in [4.69, 9.17) is 4.74 Å². The minimum absolute atomic E-state index is 0.572. The minimum Gasteiger partial charge on any atom is -0.489 e. The summed E-state index contributed by atoms with van der Waals surface area (Å²) in [6.07, 6.45) is 1.79. The summed E-state index contributed by atoms with van der Waals surface area (Å²) in [6.45, 7) is 0.572. The van der Waals surface area contributed by atoms with Crippen LogP contribution in [0.4, 0.5) is 0 Å². The Labute approximate surface area is 120 Å². The molecule has 3 heteroatoms. The van der Waals surface area contributed by atoms with Crippen molar-refractivity contribution in [1.29, 1.82) is 0 Å². The molecule has 19 heavy (non-hydrogen) atoms. The third kappa shape index (κ3) is 2.93. The molecule has 0 saturated heterocycles. The number of pyridine rings is 1. The summed E-state index contributed by atoms with van der Waals surface area (Å²) in [6, 6.07) is 18.1. The van der Waals surface area contributed by atoms with Crippen LogP contribution >= 0.6 is 15.9 Å². The number of hydrogen-bond acceptors (Lipinski definition) is 2. The average Bonchev–Trinajstić information content (AvgIpc) is 2.46. The van der Waals surface area contributed by atoms with Crippen LogP contribution in [0.1, 0.15) is 5.56 Å². The fourth-order valence-corrected chi connectivity index (χ4v) is 2.25. The van der Waals surface area contributed by atoms with Crippen molar-refractivity contribution in [3.63, 3.8) is 0 Å². The number of nitrogens with zero attached hydrogens (tertiary/aromatic N) is 1. The third-order valence-corrected chi connectivity index (χ3v) is 3.30. The lowest BCUT2D eigenvalue weighted by atomic mass is 10.2. The molecule has 3 rings (SSSR count). The molecule has 0 bridgehead atoms. The average molecular weight is 314 g/mol. The van der Waals surface area contributed by atoms with E-state index in [1.807, 2.05) is 42.5 Å². The number of aromatic nitrogens is 1. The second-order valence-corrected chi connectivity index (χ2v) is 5.20. The Morgan fingerprint density at radius 3 is 2.68 bits per heavy atom. The molecule has 2 aromatic carbocycles. The molecule has 0 aliphatic rings. The quantitative estimate of drug-likeness (QED) is 0.706. The smallest absolute Gasteiger partial charge is 0.122 e. The fourth-order valence-electron chi connectivity index (χ4n) is 1.91. The van der Waals surface area contributed by atoms with E-state index in [1.54, 1.807) is 6.20 Å². The standard InChI is InChI=1S/C16H12BrNO/c17-14-8-13-6-7-15(9-16(13)18-10-14)19-11-12-4-2-1-3-5-12/h1-10H,11H2. The van der Waals surface area contributed by atoms with E-state index in [0.29, 0.717) is 6.61 Å². The molecule has 0 unspecified atom stereocenters. The molecular formula is C16H12BrNO. The molecule has 3 aromatic rings. The van der Waals surface area contributed by atoms with Crippen molar-refractivity contribution < 1.29 is 4.74 Å². The minimum atomic E-state index is 0.572. The van der Waals surface area contributed by atoms with Gasteiger partial charge >= 0.3 is 0 Å². The number of rotatable bonds is 3. The van der Waals surface area contributed by atoms with Gasteiger partial charge < -0.3 is 4.74 Å². The van der Waals surface area contributed by atoms with Crippen LogP contribution in [0.5, 0.6) is 5.75 Å². The van der Waals surface area contributed by atoms with Crippen LogP contribution in [0, 0.1) is 0 Å². The van der Waals surface area contributed by atoms with Gasteiger partial charge in [-0.3, -0.25) is 4.98 Å². The molecule has 0 radical (unpaired) electrons. The van der Waals surface area contributed by atoms with Crippen molar-refractivity contribution in [2.24, 2.45) is 0 Å². The monoisotopic (exact) mass is 313 g/mol. The molecular weight excluding hydrogens is 302 g/mol. The molecule has 0 saturated carbocycles. The second kappa shape index (κ2) is 5.41. The van der Waals surface area contributed by atoms with Crippen molar-refractivity contribution >= 4 is 26.8 Å². The van der Waals surface area contributed by atoms with E-state index in [9.17, 15) is 0 Å². The van der Waals surface area contributed by atoms with Crippen LogP contribution in [-0.2, 0) is 6.61 Å². The van der Waals surface area contributed by atoms with Gasteiger partial charge in [0.05, 0.1) is 5.52 Å². The lowest BCUT2D eigenvalue weighted by Crippen LogP contribution is -1.95. The Hall–Kier alpha value is -1.87. The van der Waals surface area contributed by atoms with Crippen molar-refractivity contribution in [3.8, 4) is 5.75 Å². The van der Waals surface area contributed by atoms with Gasteiger partial charge in [-0.25, -0.2) is 0 Å². The van der Waals surface area contributed by atoms with E-state index < -0.39 is 0 Å². The molecule has 2 nitrogen and oxygen atoms in total. The van der Waals surface area contributed by atoms with E-state index >= 15 is 0 Å². The normalized spacial score (nSPS) is 10.6. The predicted molar refractivity (Wildman–Crippen MR) is 80.2 cm³/mol. The largest absolute Gasteiger partial charge is 0.489 e. The van der Waals surface area contributed by atoms with Gasteiger partial charge in [0.1, 0.15) is 12.4 Å². The van der Waals surface area contributed by atoms with Crippen LogP contribution in [0.25, 0.3) is 10.9 Å². The molecule has 0 amide bonds. The number of hydrogen-bond donors (Lipinski definition) is 0. The Bertz CT molecular complexity index is 697. The number of fused-ring (bicyclic) bond motifs is 1. The highest BCUT2D eigenvalue weighted by atomic mass is 79.9. The second-order valence-electron chi connectivity index (χ2n) is 4.28. The lowest BCUT2D eigenvalue weighted by molar-refractivity contribution is 0.306.